The number of benzene rings is 2. The summed E-state index contributed by atoms with van der Waals surface area (Å²) < 4.78 is 1.03. The van der Waals surface area contributed by atoms with Crippen molar-refractivity contribution < 1.29 is 4.79 Å². The number of fused-ring (bicyclic) bond motifs is 1. The lowest BCUT2D eigenvalue weighted by molar-refractivity contribution is -0.116. The fraction of sp³-hybridized carbons (Fsp3) is 0.105. The standard InChI is InChI=1S/C19H17BrN2O/c20-16-8-5-14(6-9-16)7-10-19(23)21-12-11-15-13-22-18-4-2-1-3-17(15)18/h1-10,13,22H,11-12H2,(H,21,23). The highest BCUT2D eigenvalue weighted by Gasteiger charge is 2.03. The van der Waals surface area contributed by atoms with E-state index in [1.807, 2.05) is 48.7 Å². The summed E-state index contributed by atoms with van der Waals surface area (Å²) in [5, 5.41) is 4.13. The zero-order valence-corrected chi connectivity index (χ0v) is 14.1. The van der Waals surface area contributed by atoms with E-state index in [1.54, 1.807) is 6.08 Å². The fourth-order valence-electron chi connectivity index (χ4n) is 2.46. The van der Waals surface area contributed by atoms with Crippen LogP contribution in [-0.4, -0.2) is 17.4 Å². The lowest BCUT2D eigenvalue weighted by Gasteiger charge is -2.02. The van der Waals surface area contributed by atoms with E-state index in [1.165, 1.54) is 10.9 Å². The molecule has 2 aromatic carbocycles. The summed E-state index contributed by atoms with van der Waals surface area (Å²) >= 11 is 3.39. The zero-order chi connectivity index (χ0) is 16.1. The second-order valence-corrected chi connectivity index (χ2v) is 6.20. The lowest BCUT2D eigenvalue weighted by atomic mass is 10.1. The summed E-state index contributed by atoms with van der Waals surface area (Å²) in [6, 6.07) is 16.0. The Bertz CT molecular complexity index is 834. The van der Waals surface area contributed by atoms with Gasteiger partial charge in [-0.05, 0) is 41.8 Å². The van der Waals surface area contributed by atoms with Crippen molar-refractivity contribution >= 4 is 38.8 Å². The van der Waals surface area contributed by atoms with E-state index in [2.05, 4.69) is 38.4 Å². The Hall–Kier alpha value is -2.33. The minimum absolute atomic E-state index is 0.0761. The first kappa shape index (κ1) is 15.6. The third-order valence-electron chi connectivity index (χ3n) is 3.67. The minimum atomic E-state index is -0.0761. The number of carbonyl (C=O) groups is 1. The van der Waals surface area contributed by atoms with Crippen LogP contribution in [0.25, 0.3) is 17.0 Å². The molecule has 116 valence electrons. The topological polar surface area (TPSA) is 44.9 Å². The van der Waals surface area contributed by atoms with Gasteiger partial charge in [0.05, 0.1) is 0 Å². The molecule has 0 aliphatic heterocycles. The molecule has 4 heteroatoms. The third-order valence-corrected chi connectivity index (χ3v) is 4.19. The van der Waals surface area contributed by atoms with Gasteiger partial charge in [0, 0.05) is 34.2 Å². The largest absolute Gasteiger partial charge is 0.361 e. The molecule has 0 saturated carbocycles. The molecule has 0 aliphatic rings. The molecular weight excluding hydrogens is 352 g/mol. The molecule has 0 radical (unpaired) electrons. The smallest absolute Gasteiger partial charge is 0.244 e. The lowest BCUT2D eigenvalue weighted by Crippen LogP contribution is -2.23. The molecule has 0 atom stereocenters. The zero-order valence-electron chi connectivity index (χ0n) is 12.6. The number of nitrogens with one attached hydrogen (secondary N) is 2. The van der Waals surface area contributed by atoms with Crippen LogP contribution in [0.4, 0.5) is 0 Å². The summed E-state index contributed by atoms with van der Waals surface area (Å²) in [7, 11) is 0. The number of hydrogen-bond donors (Lipinski definition) is 2. The van der Waals surface area contributed by atoms with Crippen molar-refractivity contribution in [1.29, 1.82) is 0 Å². The molecule has 1 aromatic heterocycles. The number of hydrogen-bond acceptors (Lipinski definition) is 1. The van der Waals surface area contributed by atoms with Gasteiger partial charge in [-0.1, -0.05) is 46.3 Å². The van der Waals surface area contributed by atoms with Gasteiger partial charge in [0.15, 0.2) is 0 Å². The Morgan fingerprint density at radius 3 is 2.74 bits per heavy atom. The number of rotatable bonds is 5. The quantitative estimate of drug-likeness (QED) is 0.647. The Morgan fingerprint density at radius 1 is 1.13 bits per heavy atom. The number of aromatic amines is 1. The van der Waals surface area contributed by atoms with E-state index in [-0.39, 0.29) is 5.91 Å². The van der Waals surface area contributed by atoms with E-state index in [4.69, 9.17) is 0 Å². The van der Waals surface area contributed by atoms with Crippen LogP contribution in [0.15, 0.2) is 65.3 Å². The predicted molar refractivity (Wildman–Crippen MR) is 98.2 cm³/mol. The van der Waals surface area contributed by atoms with E-state index >= 15 is 0 Å². The molecule has 1 heterocycles. The van der Waals surface area contributed by atoms with E-state index in [9.17, 15) is 4.79 Å². The van der Waals surface area contributed by atoms with Crippen LogP contribution in [0.2, 0.25) is 0 Å². The molecule has 3 aromatic rings. The van der Waals surface area contributed by atoms with Crippen LogP contribution in [0.5, 0.6) is 0 Å². The molecule has 3 nitrogen and oxygen atoms in total. The van der Waals surface area contributed by atoms with Crippen molar-refractivity contribution in [1.82, 2.24) is 10.3 Å². The van der Waals surface area contributed by atoms with E-state index in [0.29, 0.717) is 6.54 Å². The SMILES string of the molecule is O=C(C=Cc1ccc(Br)cc1)NCCc1c[nH]c2ccccc12. The van der Waals surface area contributed by atoms with Crippen molar-refractivity contribution in [2.45, 2.75) is 6.42 Å². The van der Waals surface area contributed by atoms with Crippen LogP contribution in [0, 0.1) is 0 Å². The molecule has 2 N–H and O–H groups in total. The molecular formula is C19H17BrN2O. The fourth-order valence-corrected chi connectivity index (χ4v) is 2.73. The summed E-state index contributed by atoms with van der Waals surface area (Å²) in [4.78, 5) is 15.1. The molecule has 23 heavy (non-hydrogen) atoms. The molecule has 3 rings (SSSR count). The molecule has 0 unspecified atom stereocenters. The molecule has 0 saturated heterocycles. The first-order valence-electron chi connectivity index (χ1n) is 7.49. The first-order valence-corrected chi connectivity index (χ1v) is 8.28. The minimum Gasteiger partial charge on any atom is -0.361 e. The highest BCUT2D eigenvalue weighted by Crippen LogP contribution is 2.17. The summed E-state index contributed by atoms with van der Waals surface area (Å²) in [5.41, 5.74) is 3.35. The molecule has 1 amide bonds. The van der Waals surface area contributed by atoms with Gasteiger partial charge in [-0.15, -0.1) is 0 Å². The van der Waals surface area contributed by atoms with Crippen LogP contribution in [0.3, 0.4) is 0 Å². The van der Waals surface area contributed by atoms with Crippen molar-refractivity contribution in [3.8, 4) is 0 Å². The second-order valence-electron chi connectivity index (χ2n) is 5.29. The predicted octanol–water partition coefficient (Wildman–Crippen LogP) is 4.30. The van der Waals surface area contributed by atoms with Gasteiger partial charge in [-0.25, -0.2) is 0 Å². The number of carbonyl (C=O) groups excluding carboxylic acids is 1. The maximum atomic E-state index is 11.9. The maximum Gasteiger partial charge on any atom is 0.244 e. The summed E-state index contributed by atoms with van der Waals surface area (Å²) in [6.45, 7) is 0.616. The Labute approximate surface area is 143 Å². The van der Waals surface area contributed by atoms with Gasteiger partial charge in [-0.2, -0.15) is 0 Å². The van der Waals surface area contributed by atoms with Gasteiger partial charge in [0.25, 0.3) is 0 Å². The van der Waals surface area contributed by atoms with E-state index in [0.717, 1.165) is 22.0 Å². The van der Waals surface area contributed by atoms with Crippen LogP contribution < -0.4 is 5.32 Å². The van der Waals surface area contributed by atoms with Gasteiger partial charge >= 0.3 is 0 Å². The van der Waals surface area contributed by atoms with Crippen molar-refractivity contribution in [2.24, 2.45) is 0 Å². The van der Waals surface area contributed by atoms with Gasteiger partial charge < -0.3 is 10.3 Å². The second kappa shape index (κ2) is 7.29. The normalized spacial score (nSPS) is 11.2. The molecule has 0 spiro atoms. The van der Waals surface area contributed by atoms with Crippen LogP contribution >= 0.6 is 15.9 Å². The summed E-state index contributed by atoms with van der Waals surface area (Å²) in [5.74, 6) is -0.0761. The summed E-state index contributed by atoms with van der Waals surface area (Å²) in [6.07, 6.45) is 6.20. The van der Waals surface area contributed by atoms with E-state index < -0.39 is 0 Å². The molecule has 0 aliphatic carbocycles. The third kappa shape index (κ3) is 4.11. The number of halogens is 1. The van der Waals surface area contributed by atoms with Gasteiger partial charge in [-0.3, -0.25) is 4.79 Å². The number of aromatic nitrogens is 1. The average Bonchev–Trinajstić information content (AvgIpc) is 2.98. The van der Waals surface area contributed by atoms with Gasteiger partial charge in [0.2, 0.25) is 5.91 Å². The van der Waals surface area contributed by atoms with Gasteiger partial charge in [0.1, 0.15) is 0 Å². The highest BCUT2D eigenvalue weighted by molar-refractivity contribution is 9.10. The number of para-hydroxylation sites is 1. The number of H-pyrrole nitrogens is 1. The van der Waals surface area contributed by atoms with Crippen molar-refractivity contribution in [3.05, 3.63) is 76.4 Å². The Kier molecular flexibility index (Phi) is 4.93. The monoisotopic (exact) mass is 368 g/mol. The maximum absolute atomic E-state index is 11.9. The van der Waals surface area contributed by atoms with Crippen molar-refractivity contribution in [3.63, 3.8) is 0 Å². The molecule has 0 fully saturated rings. The Balaban J connectivity index is 1.52. The Morgan fingerprint density at radius 2 is 1.91 bits per heavy atom. The van der Waals surface area contributed by atoms with Crippen molar-refractivity contribution in [2.75, 3.05) is 6.54 Å². The highest BCUT2D eigenvalue weighted by atomic mass is 79.9. The first-order chi connectivity index (χ1) is 11.2. The van der Waals surface area contributed by atoms with Crippen LogP contribution in [0.1, 0.15) is 11.1 Å². The van der Waals surface area contributed by atoms with Crippen LogP contribution in [-0.2, 0) is 11.2 Å². The average molecular weight is 369 g/mol. The number of amides is 1. The molecule has 0 bridgehead atoms.